The van der Waals surface area contributed by atoms with Crippen molar-refractivity contribution in [3.63, 3.8) is 0 Å². The van der Waals surface area contributed by atoms with Crippen molar-refractivity contribution in [2.75, 3.05) is 13.2 Å². The van der Waals surface area contributed by atoms with Crippen molar-refractivity contribution in [1.82, 2.24) is 0 Å². The van der Waals surface area contributed by atoms with E-state index >= 15 is 0 Å². The van der Waals surface area contributed by atoms with Gasteiger partial charge in [0.2, 0.25) is 0 Å². The molecule has 0 heterocycles. The summed E-state index contributed by atoms with van der Waals surface area (Å²) in [6.07, 6.45) is 87.6. The zero-order valence-corrected chi connectivity index (χ0v) is 50.7. The zero-order valence-electron chi connectivity index (χ0n) is 50.7. The molecular formula is C71H122O6. The molecule has 0 amide bonds. The van der Waals surface area contributed by atoms with E-state index in [1.165, 1.54) is 180 Å². The Bertz CT molecular complexity index is 1510. The largest absolute Gasteiger partial charge is 0.462 e. The van der Waals surface area contributed by atoms with Crippen LogP contribution in [0.1, 0.15) is 316 Å². The van der Waals surface area contributed by atoms with Crippen LogP contribution in [-0.4, -0.2) is 37.2 Å². The molecule has 1 atom stereocenters. The predicted molar refractivity (Wildman–Crippen MR) is 334 cm³/mol. The average Bonchev–Trinajstić information content (AvgIpc) is 3.43. The molecule has 0 aromatic rings. The van der Waals surface area contributed by atoms with E-state index < -0.39 is 6.10 Å². The van der Waals surface area contributed by atoms with Crippen LogP contribution in [0.2, 0.25) is 0 Å². The van der Waals surface area contributed by atoms with Crippen molar-refractivity contribution in [2.45, 2.75) is 322 Å². The van der Waals surface area contributed by atoms with Crippen LogP contribution in [-0.2, 0) is 28.6 Å². The number of hydrogen-bond acceptors (Lipinski definition) is 6. The van der Waals surface area contributed by atoms with E-state index in [-0.39, 0.29) is 44.0 Å². The molecule has 0 fully saturated rings. The maximum atomic E-state index is 12.8. The summed E-state index contributed by atoms with van der Waals surface area (Å²) in [4.78, 5) is 38.2. The number of hydrogen-bond donors (Lipinski definition) is 0. The summed E-state index contributed by atoms with van der Waals surface area (Å²) < 4.78 is 16.8. The lowest BCUT2D eigenvalue weighted by atomic mass is 10.0. The van der Waals surface area contributed by atoms with Crippen LogP contribution in [0.5, 0.6) is 0 Å². The maximum Gasteiger partial charge on any atom is 0.306 e. The van der Waals surface area contributed by atoms with Gasteiger partial charge in [-0.15, -0.1) is 0 Å². The number of rotatable bonds is 59. The van der Waals surface area contributed by atoms with Crippen molar-refractivity contribution < 1.29 is 28.6 Å². The third-order valence-corrected chi connectivity index (χ3v) is 14.1. The second-order valence-electron chi connectivity index (χ2n) is 21.6. The lowest BCUT2D eigenvalue weighted by molar-refractivity contribution is -0.166. The molecule has 0 N–H and O–H groups in total. The Hall–Kier alpha value is -3.67. The molecule has 0 rings (SSSR count). The number of allylic oxidation sites excluding steroid dienone is 16. The van der Waals surface area contributed by atoms with Crippen molar-refractivity contribution in [3.8, 4) is 0 Å². The van der Waals surface area contributed by atoms with Crippen molar-refractivity contribution >= 4 is 17.9 Å². The van der Waals surface area contributed by atoms with Crippen LogP contribution in [0.25, 0.3) is 0 Å². The van der Waals surface area contributed by atoms with Crippen LogP contribution in [0.3, 0.4) is 0 Å². The van der Waals surface area contributed by atoms with Crippen LogP contribution in [0, 0.1) is 0 Å². The Kier molecular flexibility index (Phi) is 61.8. The Morgan fingerprint density at radius 1 is 0.273 bits per heavy atom. The van der Waals surface area contributed by atoms with Gasteiger partial charge < -0.3 is 14.2 Å². The van der Waals surface area contributed by atoms with Gasteiger partial charge in [0, 0.05) is 19.3 Å². The Morgan fingerprint density at radius 2 is 0.532 bits per heavy atom. The number of unbranched alkanes of at least 4 members (excludes halogenated alkanes) is 32. The van der Waals surface area contributed by atoms with Crippen LogP contribution in [0.4, 0.5) is 0 Å². The molecule has 1 unspecified atom stereocenters. The molecule has 0 aromatic heterocycles. The molecule has 0 aliphatic heterocycles. The summed E-state index contributed by atoms with van der Waals surface area (Å²) in [5, 5.41) is 0. The Labute approximate surface area is 477 Å². The van der Waals surface area contributed by atoms with Gasteiger partial charge in [-0.2, -0.15) is 0 Å². The predicted octanol–water partition coefficient (Wildman–Crippen LogP) is 22.4. The third kappa shape index (κ3) is 63.0. The minimum absolute atomic E-state index is 0.115. The molecule has 6 nitrogen and oxygen atoms in total. The molecule has 442 valence electrons. The summed E-state index contributed by atoms with van der Waals surface area (Å²) in [5.74, 6) is -1.03. The molecule has 0 aliphatic rings. The average molecular weight is 1070 g/mol. The fourth-order valence-corrected chi connectivity index (χ4v) is 9.27. The zero-order chi connectivity index (χ0) is 55.7. The molecule has 0 spiro atoms. The van der Waals surface area contributed by atoms with Gasteiger partial charge >= 0.3 is 17.9 Å². The van der Waals surface area contributed by atoms with Crippen LogP contribution in [0.15, 0.2) is 97.2 Å². The highest BCUT2D eigenvalue weighted by molar-refractivity contribution is 5.71. The van der Waals surface area contributed by atoms with Crippen LogP contribution < -0.4 is 0 Å². The fourth-order valence-electron chi connectivity index (χ4n) is 9.27. The van der Waals surface area contributed by atoms with Crippen molar-refractivity contribution in [2.24, 2.45) is 0 Å². The molecule has 0 aromatic carbocycles. The summed E-state index contributed by atoms with van der Waals surface area (Å²) in [6.45, 7) is 6.34. The third-order valence-electron chi connectivity index (χ3n) is 14.1. The standard InChI is InChI=1S/C71H122O6/c1-4-7-10-13-16-19-22-25-27-28-29-30-31-32-33-34-35-36-37-38-39-40-41-42-44-46-49-52-55-58-61-64-70(73)76-67-68(66-75-69(72)63-60-57-54-51-48-45-24-21-18-15-12-9-6-3)77-71(74)65-62-59-56-53-50-47-43-26-23-20-17-14-11-8-5-2/h8-9,11-12,17-18,20-21,26,43,45,48,50,53-54,57,68H,4-7,10,13-16,19,22-25,27-42,44,46-47,49,51-52,55-56,58-67H2,1-3H3/b11-8-,12-9-,20-17-,21-18-,43-26-,48-45-,53-50-,57-54-. The second kappa shape index (κ2) is 64.9. The first-order valence-electron chi connectivity index (χ1n) is 32.7. The van der Waals surface area contributed by atoms with Gasteiger partial charge in [0.15, 0.2) is 6.10 Å². The van der Waals surface area contributed by atoms with E-state index in [1.807, 2.05) is 12.2 Å². The topological polar surface area (TPSA) is 78.9 Å². The smallest absolute Gasteiger partial charge is 0.306 e. The van der Waals surface area contributed by atoms with E-state index in [9.17, 15) is 14.4 Å². The minimum atomic E-state index is -0.828. The van der Waals surface area contributed by atoms with Crippen LogP contribution >= 0.6 is 0 Å². The minimum Gasteiger partial charge on any atom is -0.462 e. The molecule has 0 bridgehead atoms. The fraction of sp³-hybridized carbons (Fsp3) is 0.732. The summed E-state index contributed by atoms with van der Waals surface area (Å²) in [5.41, 5.74) is 0. The highest BCUT2D eigenvalue weighted by Gasteiger charge is 2.19. The van der Waals surface area contributed by atoms with Gasteiger partial charge in [0.25, 0.3) is 0 Å². The van der Waals surface area contributed by atoms with Gasteiger partial charge in [0.1, 0.15) is 13.2 Å². The number of carbonyl (C=O) groups is 3. The first-order chi connectivity index (χ1) is 38.0. The summed E-state index contributed by atoms with van der Waals surface area (Å²) >= 11 is 0. The second-order valence-corrected chi connectivity index (χ2v) is 21.6. The van der Waals surface area contributed by atoms with E-state index in [0.717, 1.165) is 83.5 Å². The monoisotopic (exact) mass is 1070 g/mol. The molecule has 0 saturated carbocycles. The normalized spacial score (nSPS) is 12.7. The molecule has 0 radical (unpaired) electrons. The lowest BCUT2D eigenvalue weighted by Crippen LogP contribution is -2.30. The lowest BCUT2D eigenvalue weighted by Gasteiger charge is -2.18. The number of carbonyl (C=O) groups excluding carboxylic acids is 3. The molecule has 0 saturated heterocycles. The summed E-state index contributed by atoms with van der Waals surface area (Å²) in [6, 6.07) is 0. The van der Waals surface area contributed by atoms with Gasteiger partial charge in [-0.3, -0.25) is 14.4 Å². The maximum absolute atomic E-state index is 12.8. The SMILES string of the molecule is CC/C=C\C/C=C\C/C=C\C/C=C\CCCCC(=O)OC(COC(=O)CC/C=C\C/C=C\C/C=C\C/C=C\CC)COC(=O)CCCCCCCCCCCCCCCCCCCCCCCCCCCCCCCCC. The molecular weight excluding hydrogens is 949 g/mol. The first kappa shape index (κ1) is 73.3. The van der Waals surface area contributed by atoms with Gasteiger partial charge in [-0.1, -0.05) is 311 Å². The highest BCUT2D eigenvalue weighted by Crippen LogP contribution is 2.18. The van der Waals surface area contributed by atoms with Gasteiger partial charge in [0.05, 0.1) is 0 Å². The van der Waals surface area contributed by atoms with Gasteiger partial charge in [-0.05, 0) is 83.5 Å². The molecule has 6 heteroatoms. The quantitative estimate of drug-likeness (QED) is 0.0261. The van der Waals surface area contributed by atoms with Crippen molar-refractivity contribution in [1.29, 1.82) is 0 Å². The summed E-state index contributed by atoms with van der Waals surface area (Å²) in [7, 11) is 0. The Balaban J connectivity index is 4.20. The highest BCUT2D eigenvalue weighted by atomic mass is 16.6. The van der Waals surface area contributed by atoms with E-state index in [2.05, 4.69) is 106 Å². The number of ether oxygens (including phenoxy) is 3. The van der Waals surface area contributed by atoms with E-state index in [0.29, 0.717) is 19.3 Å². The van der Waals surface area contributed by atoms with Crippen molar-refractivity contribution in [3.05, 3.63) is 97.2 Å². The van der Waals surface area contributed by atoms with E-state index in [4.69, 9.17) is 14.2 Å². The Morgan fingerprint density at radius 3 is 0.870 bits per heavy atom. The van der Waals surface area contributed by atoms with E-state index in [1.54, 1.807) is 0 Å². The van der Waals surface area contributed by atoms with Gasteiger partial charge in [-0.25, -0.2) is 0 Å². The number of esters is 3. The molecule has 0 aliphatic carbocycles. The first-order valence-corrected chi connectivity index (χ1v) is 32.7. The molecule has 77 heavy (non-hydrogen) atoms.